The normalized spacial score (nSPS) is 10.3. The molecule has 1 aromatic heterocycles. The van der Waals surface area contributed by atoms with Gasteiger partial charge in [-0.25, -0.2) is 0 Å². The van der Waals surface area contributed by atoms with E-state index in [0.29, 0.717) is 17.8 Å². The molecule has 21 heavy (non-hydrogen) atoms. The summed E-state index contributed by atoms with van der Waals surface area (Å²) in [4.78, 5) is 24.7. The highest BCUT2D eigenvalue weighted by atomic mass is 16.4. The standard InChI is InChI=1S/C13H15N5O3/c1-2-17(8-7-12(19)20)13(21)10-5-3-4-6-11(10)18-9-14-15-16-18/h3-6,9H,2,7-8H2,1H3,(H,19,20). The van der Waals surface area contributed by atoms with Crippen LogP contribution in [0.5, 0.6) is 0 Å². The zero-order valence-corrected chi connectivity index (χ0v) is 11.5. The molecule has 8 heteroatoms. The molecule has 0 unspecified atom stereocenters. The molecule has 0 saturated heterocycles. The van der Waals surface area contributed by atoms with Crippen molar-refractivity contribution >= 4 is 11.9 Å². The van der Waals surface area contributed by atoms with Gasteiger partial charge in [0.1, 0.15) is 6.33 Å². The highest BCUT2D eigenvalue weighted by molar-refractivity contribution is 5.97. The van der Waals surface area contributed by atoms with Crippen molar-refractivity contribution in [3.8, 4) is 5.69 Å². The molecule has 1 aromatic carbocycles. The molecule has 2 rings (SSSR count). The van der Waals surface area contributed by atoms with Crippen LogP contribution in [-0.4, -0.2) is 55.2 Å². The minimum absolute atomic E-state index is 0.0906. The minimum atomic E-state index is -0.935. The Balaban J connectivity index is 2.28. The van der Waals surface area contributed by atoms with E-state index in [1.165, 1.54) is 15.9 Å². The molecule has 0 aliphatic carbocycles. The average molecular weight is 289 g/mol. The number of carbonyl (C=O) groups is 2. The van der Waals surface area contributed by atoms with Gasteiger partial charge in [-0.1, -0.05) is 12.1 Å². The Bertz CT molecular complexity index is 626. The number of para-hydroxylation sites is 1. The van der Waals surface area contributed by atoms with E-state index in [9.17, 15) is 9.59 Å². The molecule has 8 nitrogen and oxygen atoms in total. The van der Waals surface area contributed by atoms with E-state index in [-0.39, 0.29) is 18.9 Å². The van der Waals surface area contributed by atoms with Gasteiger partial charge in [-0.05, 0) is 29.5 Å². The molecule has 2 aromatic rings. The number of tetrazole rings is 1. The molecule has 0 fully saturated rings. The van der Waals surface area contributed by atoms with Gasteiger partial charge < -0.3 is 10.0 Å². The van der Waals surface area contributed by atoms with Gasteiger partial charge in [0.25, 0.3) is 5.91 Å². The van der Waals surface area contributed by atoms with Gasteiger partial charge in [-0.3, -0.25) is 9.59 Å². The van der Waals surface area contributed by atoms with Gasteiger partial charge in [0, 0.05) is 13.1 Å². The van der Waals surface area contributed by atoms with Gasteiger partial charge in [0.15, 0.2) is 0 Å². The lowest BCUT2D eigenvalue weighted by Crippen LogP contribution is -2.33. The predicted molar refractivity (Wildman–Crippen MR) is 73.0 cm³/mol. The molecule has 0 aliphatic rings. The van der Waals surface area contributed by atoms with Gasteiger partial charge in [0.2, 0.25) is 0 Å². The van der Waals surface area contributed by atoms with Gasteiger partial charge in [-0.15, -0.1) is 5.10 Å². The maximum absolute atomic E-state index is 12.6. The molecule has 0 spiro atoms. The minimum Gasteiger partial charge on any atom is -0.481 e. The quantitative estimate of drug-likeness (QED) is 0.835. The van der Waals surface area contributed by atoms with Crippen molar-refractivity contribution in [3.05, 3.63) is 36.2 Å². The zero-order valence-electron chi connectivity index (χ0n) is 11.5. The summed E-state index contributed by atoms with van der Waals surface area (Å²) in [6.45, 7) is 2.39. The Morgan fingerprint density at radius 3 is 2.71 bits per heavy atom. The Morgan fingerprint density at radius 1 is 1.33 bits per heavy atom. The van der Waals surface area contributed by atoms with E-state index in [0.717, 1.165) is 0 Å². The third kappa shape index (κ3) is 3.41. The Labute approximate surface area is 121 Å². The first-order valence-corrected chi connectivity index (χ1v) is 6.47. The van der Waals surface area contributed by atoms with Crippen molar-refractivity contribution in [2.75, 3.05) is 13.1 Å². The van der Waals surface area contributed by atoms with Crippen molar-refractivity contribution < 1.29 is 14.7 Å². The van der Waals surface area contributed by atoms with Crippen LogP contribution in [-0.2, 0) is 4.79 Å². The molecule has 110 valence electrons. The Hall–Kier alpha value is -2.77. The van der Waals surface area contributed by atoms with Gasteiger partial charge in [0.05, 0.1) is 17.7 Å². The van der Waals surface area contributed by atoms with Crippen molar-refractivity contribution in [1.82, 2.24) is 25.1 Å². The smallest absolute Gasteiger partial charge is 0.305 e. The Morgan fingerprint density at radius 2 is 2.10 bits per heavy atom. The molecular weight excluding hydrogens is 274 g/mol. The number of hydrogen-bond acceptors (Lipinski definition) is 5. The average Bonchev–Trinajstić information content (AvgIpc) is 3.01. The van der Waals surface area contributed by atoms with E-state index >= 15 is 0 Å². The van der Waals surface area contributed by atoms with Crippen molar-refractivity contribution in [2.45, 2.75) is 13.3 Å². The number of rotatable bonds is 6. The fourth-order valence-corrected chi connectivity index (χ4v) is 1.93. The van der Waals surface area contributed by atoms with E-state index in [1.807, 2.05) is 0 Å². The summed E-state index contributed by atoms with van der Waals surface area (Å²) in [5.41, 5.74) is 0.985. The maximum atomic E-state index is 12.6. The van der Waals surface area contributed by atoms with Crippen LogP contribution in [0.2, 0.25) is 0 Å². The lowest BCUT2D eigenvalue weighted by molar-refractivity contribution is -0.137. The number of aromatic nitrogens is 4. The largest absolute Gasteiger partial charge is 0.481 e. The number of nitrogens with zero attached hydrogens (tertiary/aromatic N) is 5. The maximum Gasteiger partial charge on any atom is 0.305 e. The molecule has 0 aliphatic heterocycles. The SMILES string of the molecule is CCN(CCC(=O)O)C(=O)c1ccccc1-n1cnnn1. The zero-order chi connectivity index (χ0) is 15.2. The molecule has 0 radical (unpaired) electrons. The molecule has 1 heterocycles. The highest BCUT2D eigenvalue weighted by Crippen LogP contribution is 2.15. The summed E-state index contributed by atoms with van der Waals surface area (Å²) in [6, 6.07) is 6.92. The number of carboxylic acids is 1. The molecule has 1 N–H and O–H groups in total. The molecular formula is C13H15N5O3. The second kappa shape index (κ2) is 6.60. The van der Waals surface area contributed by atoms with Crippen LogP contribution in [0.4, 0.5) is 0 Å². The van der Waals surface area contributed by atoms with Crippen LogP contribution >= 0.6 is 0 Å². The first-order valence-electron chi connectivity index (χ1n) is 6.47. The third-order valence-corrected chi connectivity index (χ3v) is 2.99. The number of carboxylic acid groups (broad SMARTS) is 1. The number of hydrogen-bond donors (Lipinski definition) is 1. The topological polar surface area (TPSA) is 101 Å². The summed E-state index contributed by atoms with van der Waals surface area (Å²) >= 11 is 0. The second-order valence-electron chi connectivity index (χ2n) is 4.30. The van der Waals surface area contributed by atoms with E-state index in [2.05, 4.69) is 15.5 Å². The fraction of sp³-hybridized carbons (Fsp3) is 0.308. The molecule has 0 atom stereocenters. The van der Waals surface area contributed by atoms with Crippen LogP contribution in [0.15, 0.2) is 30.6 Å². The van der Waals surface area contributed by atoms with E-state index < -0.39 is 5.97 Å². The first kappa shape index (κ1) is 14.6. The van der Waals surface area contributed by atoms with Crippen molar-refractivity contribution in [3.63, 3.8) is 0 Å². The Kier molecular flexibility index (Phi) is 4.60. The van der Waals surface area contributed by atoms with Crippen LogP contribution in [0, 0.1) is 0 Å². The second-order valence-corrected chi connectivity index (χ2v) is 4.30. The predicted octanol–water partition coefficient (Wildman–Crippen LogP) is 0.599. The van der Waals surface area contributed by atoms with E-state index in [4.69, 9.17) is 5.11 Å². The third-order valence-electron chi connectivity index (χ3n) is 2.99. The van der Waals surface area contributed by atoms with Gasteiger partial charge in [-0.2, -0.15) is 4.68 Å². The lowest BCUT2D eigenvalue weighted by Gasteiger charge is -2.21. The molecule has 0 bridgehead atoms. The number of carbonyl (C=O) groups excluding carboxylic acids is 1. The van der Waals surface area contributed by atoms with Crippen LogP contribution in [0.3, 0.4) is 0 Å². The van der Waals surface area contributed by atoms with Gasteiger partial charge >= 0.3 is 5.97 Å². The molecule has 1 amide bonds. The van der Waals surface area contributed by atoms with E-state index in [1.54, 1.807) is 31.2 Å². The number of benzene rings is 1. The summed E-state index contributed by atoms with van der Waals surface area (Å²) in [5.74, 6) is -1.18. The monoisotopic (exact) mass is 289 g/mol. The number of amides is 1. The van der Waals surface area contributed by atoms with Crippen LogP contribution in [0.1, 0.15) is 23.7 Å². The van der Waals surface area contributed by atoms with Crippen molar-refractivity contribution in [2.24, 2.45) is 0 Å². The van der Waals surface area contributed by atoms with Crippen LogP contribution < -0.4 is 0 Å². The fourth-order valence-electron chi connectivity index (χ4n) is 1.93. The van der Waals surface area contributed by atoms with Crippen LogP contribution in [0.25, 0.3) is 5.69 Å². The molecule has 0 saturated carbocycles. The first-order chi connectivity index (χ1) is 10.1. The summed E-state index contributed by atoms with van der Waals surface area (Å²) < 4.78 is 1.40. The number of aliphatic carboxylic acids is 1. The highest BCUT2D eigenvalue weighted by Gasteiger charge is 2.19. The van der Waals surface area contributed by atoms with Crippen molar-refractivity contribution in [1.29, 1.82) is 0 Å². The summed E-state index contributed by atoms with van der Waals surface area (Å²) in [5, 5.41) is 19.6. The summed E-state index contributed by atoms with van der Waals surface area (Å²) in [7, 11) is 0. The lowest BCUT2D eigenvalue weighted by atomic mass is 10.1. The summed E-state index contributed by atoms with van der Waals surface area (Å²) in [6.07, 6.45) is 1.31.